The lowest BCUT2D eigenvalue weighted by Gasteiger charge is -2.15. The second-order valence-corrected chi connectivity index (χ2v) is 5.47. The van der Waals surface area contributed by atoms with Crippen LogP contribution in [0.25, 0.3) is 0 Å². The van der Waals surface area contributed by atoms with E-state index in [1.807, 2.05) is 0 Å². The number of aromatic nitrogens is 1. The maximum absolute atomic E-state index is 12.5. The maximum Gasteiger partial charge on any atom is 0.573 e. The van der Waals surface area contributed by atoms with Gasteiger partial charge < -0.3 is 15.2 Å². The molecule has 0 radical (unpaired) electrons. The molecule has 0 amide bonds. The molecule has 0 spiro atoms. The molecule has 2 aromatic rings. The van der Waals surface area contributed by atoms with Crippen molar-refractivity contribution in [1.82, 2.24) is 4.98 Å². The van der Waals surface area contributed by atoms with Gasteiger partial charge in [-0.1, -0.05) is 23.7 Å². The summed E-state index contributed by atoms with van der Waals surface area (Å²) >= 11 is 5.72. The molecule has 4 nitrogen and oxygen atoms in total. The van der Waals surface area contributed by atoms with Gasteiger partial charge in [-0.2, -0.15) is 13.2 Å². The van der Waals surface area contributed by atoms with E-state index in [1.165, 1.54) is 12.1 Å². The van der Waals surface area contributed by atoms with E-state index < -0.39 is 30.0 Å². The second kappa shape index (κ2) is 7.58. The number of nitrogens with one attached hydrogen (secondary N) is 1. The van der Waals surface area contributed by atoms with Crippen molar-refractivity contribution >= 4 is 17.4 Å². The van der Waals surface area contributed by atoms with Crippen LogP contribution in [0.4, 0.5) is 32.2 Å². The summed E-state index contributed by atoms with van der Waals surface area (Å²) in [6, 6.07) is 5.17. The van der Waals surface area contributed by atoms with Crippen LogP contribution in [0.3, 0.4) is 0 Å². The highest BCUT2D eigenvalue weighted by Gasteiger charge is 2.32. The number of aliphatic hydroxyl groups is 1. The number of hydrogen-bond donors (Lipinski definition) is 2. The van der Waals surface area contributed by atoms with Gasteiger partial charge in [0.1, 0.15) is 11.6 Å². The van der Waals surface area contributed by atoms with Crippen LogP contribution < -0.4 is 10.1 Å². The summed E-state index contributed by atoms with van der Waals surface area (Å²) < 4.78 is 77.5. The highest BCUT2D eigenvalue weighted by atomic mass is 35.5. The zero-order valence-electron chi connectivity index (χ0n) is 12.7. The van der Waals surface area contributed by atoms with Crippen LogP contribution >= 0.6 is 11.6 Å². The zero-order chi connectivity index (χ0) is 19.5. The predicted octanol–water partition coefficient (Wildman–Crippen LogP) is 4.80. The lowest BCUT2D eigenvalue weighted by Crippen LogP contribution is -2.17. The number of alkyl halides is 6. The number of pyridine rings is 1. The Bertz CT molecular complexity index is 749. The number of benzene rings is 1. The summed E-state index contributed by atoms with van der Waals surface area (Å²) in [4.78, 5) is 3.55. The minimum atomic E-state index is -4.83. The van der Waals surface area contributed by atoms with Gasteiger partial charge in [-0.15, -0.1) is 13.2 Å². The van der Waals surface area contributed by atoms with Crippen molar-refractivity contribution in [3.63, 3.8) is 0 Å². The van der Waals surface area contributed by atoms with Crippen molar-refractivity contribution in [3.05, 3.63) is 52.7 Å². The van der Waals surface area contributed by atoms with Gasteiger partial charge in [-0.25, -0.2) is 4.98 Å². The molecule has 1 aromatic heterocycles. The quantitative estimate of drug-likeness (QED) is 0.708. The highest BCUT2D eigenvalue weighted by Crippen LogP contribution is 2.32. The Balaban J connectivity index is 1.99. The van der Waals surface area contributed by atoms with Gasteiger partial charge in [0.25, 0.3) is 0 Å². The third-order valence-electron chi connectivity index (χ3n) is 3.13. The Morgan fingerprint density at radius 2 is 1.73 bits per heavy atom. The predicted molar refractivity (Wildman–Crippen MR) is 80.8 cm³/mol. The fourth-order valence-corrected chi connectivity index (χ4v) is 2.16. The van der Waals surface area contributed by atoms with Crippen molar-refractivity contribution < 1.29 is 36.2 Å². The third kappa shape index (κ3) is 5.67. The van der Waals surface area contributed by atoms with Crippen molar-refractivity contribution in [2.75, 3.05) is 11.9 Å². The van der Waals surface area contributed by atoms with Gasteiger partial charge in [-0.05, 0) is 23.8 Å². The standard InChI is InChI=1S/C15H11ClF6N2O2/c16-11-5-9(14(17,18)19)6-23-13(11)24-7-12(25)8-1-3-10(4-2-8)26-15(20,21)22/h1-6,12,25H,7H2,(H,23,24). The molecule has 0 fully saturated rings. The summed E-state index contributed by atoms with van der Waals surface area (Å²) in [7, 11) is 0. The average Bonchev–Trinajstić information content (AvgIpc) is 2.51. The molecular weight excluding hydrogens is 390 g/mol. The van der Waals surface area contributed by atoms with E-state index in [2.05, 4.69) is 15.0 Å². The lowest BCUT2D eigenvalue weighted by molar-refractivity contribution is -0.274. The number of rotatable bonds is 5. The van der Waals surface area contributed by atoms with Gasteiger partial charge in [0, 0.05) is 12.7 Å². The van der Waals surface area contributed by atoms with Crippen LogP contribution in [0.15, 0.2) is 36.5 Å². The summed E-state index contributed by atoms with van der Waals surface area (Å²) in [6.45, 7) is -0.183. The fourth-order valence-electron chi connectivity index (χ4n) is 1.93. The van der Waals surface area contributed by atoms with E-state index in [4.69, 9.17) is 11.6 Å². The van der Waals surface area contributed by atoms with Crippen LogP contribution in [-0.2, 0) is 6.18 Å². The summed E-state index contributed by atoms with van der Waals surface area (Å²) in [5, 5.41) is 12.3. The molecule has 1 heterocycles. The van der Waals surface area contributed by atoms with E-state index in [0.29, 0.717) is 12.3 Å². The Labute approximate surface area is 148 Å². The molecule has 1 atom stereocenters. The molecule has 0 bridgehead atoms. The Hall–Kier alpha value is -2.20. The zero-order valence-corrected chi connectivity index (χ0v) is 13.5. The normalized spacial score (nSPS) is 13.4. The minimum Gasteiger partial charge on any atom is -0.406 e. The molecule has 26 heavy (non-hydrogen) atoms. The Kier molecular flexibility index (Phi) is 5.87. The second-order valence-electron chi connectivity index (χ2n) is 5.07. The number of nitrogens with zero attached hydrogens (tertiary/aromatic N) is 1. The maximum atomic E-state index is 12.5. The number of hydrogen-bond acceptors (Lipinski definition) is 4. The van der Waals surface area contributed by atoms with Crippen LogP contribution in [0.2, 0.25) is 5.02 Å². The summed E-state index contributed by atoms with van der Waals surface area (Å²) in [5.74, 6) is -0.524. The molecule has 1 unspecified atom stereocenters. The van der Waals surface area contributed by atoms with E-state index in [9.17, 15) is 31.4 Å². The number of anilines is 1. The first kappa shape index (κ1) is 20.1. The Morgan fingerprint density at radius 3 is 2.23 bits per heavy atom. The SMILES string of the molecule is OC(CNc1ncc(C(F)(F)F)cc1Cl)c1ccc(OC(F)(F)F)cc1. The van der Waals surface area contributed by atoms with Crippen molar-refractivity contribution in [3.8, 4) is 5.75 Å². The molecule has 0 aliphatic carbocycles. The van der Waals surface area contributed by atoms with Crippen LogP contribution in [0.5, 0.6) is 5.75 Å². The average molecular weight is 401 g/mol. The van der Waals surface area contributed by atoms with Crippen LogP contribution in [0.1, 0.15) is 17.2 Å². The van der Waals surface area contributed by atoms with Gasteiger partial charge >= 0.3 is 12.5 Å². The van der Waals surface area contributed by atoms with Crippen molar-refractivity contribution in [2.45, 2.75) is 18.6 Å². The van der Waals surface area contributed by atoms with Gasteiger partial charge in [0.2, 0.25) is 0 Å². The van der Waals surface area contributed by atoms with Crippen LogP contribution in [0, 0.1) is 0 Å². The smallest absolute Gasteiger partial charge is 0.406 e. The highest BCUT2D eigenvalue weighted by molar-refractivity contribution is 6.32. The Morgan fingerprint density at radius 1 is 1.12 bits per heavy atom. The molecule has 11 heteroatoms. The first-order valence-corrected chi connectivity index (χ1v) is 7.34. The first-order valence-electron chi connectivity index (χ1n) is 6.96. The van der Waals surface area contributed by atoms with E-state index in [-0.39, 0.29) is 22.9 Å². The molecular formula is C15H11ClF6N2O2. The van der Waals surface area contributed by atoms with E-state index in [1.54, 1.807) is 0 Å². The van der Waals surface area contributed by atoms with Gasteiger partial charge in [-0.3, -0.25) is 0 Å². The largest absolute Gasteiger partial charge is 0.573 e. The molecule has 2 N–H and O–H groups in total. The minimum absolute atomic E-state index is 0.0734. The topological polar surface area (TPSA) is 54.4 Å². The molecule has 1 aromatic carbocycles. The molecule has 2 rings (SSSR count). The molecule has 0 aliphatic heterocycles. The van der Waals surface area contributed by atoms with E-state index in [0.717, 1.165) is 12.1 Å². The molecule has 0 saturated heterocycles. The van der Waals surface area contributed by atoms with Gasteiger partial charge in [0.05, 0.1) is 16.7 Å². The number of aliphatic hydroxyl groups excluding tert-OH is 1. The van der Waals surface area contributed by atoms with Crippen LogP contribution in [-0.4, -0.2) is 23.0 Å². The molecule has 142 valence electrons. The summed E-state index contributed by atoms with van der Waals surface area (Å²) in [5.41, 5.74) is -0.760. The van der Waals surface area contributed by atoms with E-state index >= 15 is 0 Å². The third-order valence-corrected chi connectivity index (χ3v) is 3.42. The number of halogens is 7. The van der Waals surface area contributed by atoms with Crippen molar-refractivity contribution in [2.24, 2.45) is 0 Å². The first-order chi connectivity index (χ1) is 12.0. The van der Waals surface area contributed by atoms with Gasteiger partial charge in [0.15, 0.2) is 0 Å². The monoisotopic (exact) mass is 400 g/mol. The van der Waals surface area contributed by atoms with Crippen molar-refractivity contribution in [1.29, 1.82) is 0 Å². The molecule has 0 aliphatic rings. The fraction of sp³-hybridized carbons (Fsp3) is 0.267. The lowest BCUT2D eigenvalue weighted by atomic mass is 10.1. The summed E-state index contributed by atoms with van der Waals surface area (Å²) in [6.07, 6.45) is -10.00. The molecule has 0 saturated carbocycles. The number of ether oxygens (including phenoxy) is 1.